The minimum atomic E-state index is -0.343. The van der Waals surface area contributed by atoms with Gasteiger partial charge in [0, 0.05) is 29.9 Å². The number of amides is 1. The minimum Gasteiger partial charge on any atom is -0.497 e. The predicted molar refractivity (Wildman–Crippen MR) is 110 cm³/mol. The second-order valence-corrected chi connectivity index (χ2v) is 7.37. The van der Waals surface area contributed by atoms with Crippen molar-refractivity contribution in [2.24, 2.45) is 0 Å². The molecule has 142 valence electrons. The Balaban J connectivity index is 1.53. The molecule has 6 nitrogen and oxygen atoms in total. The van der Waals surface area contributed by atoms with E-state index in [4.69, 9.17) is 9.15 Å². The molecule has 0 spiro atoms. The van der Waals surface area contributed by atoms with E-state index in [1.807, 2.05) is 55.6 Å². The molecule has 1 amide bonds. The van der Waals surface area contributed by atoms with Crippen molar-refractivity contribution in [3.05, 3.63) is 65.6 Å². The van der Waals surface area contributed by atoms with Crippen LogP contribution in [0.1, 0.15) is 11.3 Å². The SMILES string of the molecule is COc1ccc(N(C)Cc2cc3cc(C=C4NC(=O)SC4=O)ccc3o2)cc1. The standard InChI is InChI=1S/C21H18N2O4S/c1-23(15-4-6-16(26-2)7-5-15)12-17-11-14-9-13(3-8-19(14)27-17)10-18-20(24)28-21(25)22-18/h3-11H,12H2,1-2H3,(H,22,25). The molecule has 1 aliphatic heterocycles. The highest BCUT2D eigenvalue weighted by atomic mass is 32.2. The third-order valence-corrected chi connectivity index (χ3v) is 5.14. The number of nitrogens with one attached hydrogen (secondary N) is 1. The summed E-state index contributed by atoms with van der Waals surface area (Å²) in [5.41, 5.74) is 2.96. The summed E-state index contributed by atoms with van der Waals surface area (Å²) in [7, 11) is 3.64. The molecular formula is C21H18N2O4S. The molecule has 0 radical (unpaired) electrons. The summed E-state index contributed by atoms with van der Waals surface area (Å²) in [6, 6.07) is 15.5. The van der Waals surface area contributed by atoms with E-state index in [9.17, 15) is 9.59 Å². The van der Waals surface area contributed by atoms with Crippen molar-refractivity contribution in [2.45, 2.75) is 6.54 Å². The first-order valence-corrected chi connectivity index (χ1v) is 9.46. The summed E-state index contributed by atoms with van der Waals surface area (Å²) < 4.78 is 11.1. The van der Waals surface area contributed by atoms with E-state index in [1.165, 1.54) is 0 Å². The van der Waals surface area contributed by atoms with E-state index in [2.05, 4.69) is 10.2 Å². The summed E-state index contributed by atoms with van der Waals surface area (Å²) in [5.74, 6) is 1.65. The highest BCUT2D eigenvalue weighted by molar-refractivity contribution is 8.27. The van der Waals surface area contributed by atoms with Crippen molar-refractivity contribution in [3.63, 3.8) is 0 Å². The lowest BCUT2D eigenvalue weighted by atomic mass is 10.1. The molecule has 0 bridgehead atoms. The Hall–Kier alpha value is -3.19. The number of benzene rings is 2. The number of thioether (sulfide) groups is 1. The molecule has 1 fully saturated rings. The van der Waals surface area contributed by atoms with Crippen LogP contribution in [0, 0.1) is 0 Å². The Labute approximate surface area is 166 Å². The maximum absolute atomic E-state index is 11.7. The van der Waals surface area contributed by atoms with E-state index in [1.54, 1.807) is 13.2 Å². The Morgan fingerprint density at radius 1 is 1.14 bits per heavy atom. The van der Waals surface area contributed by atoms with Crippen molar-refractivity contribution in [3.8, 4) is 5.75 Å². The largest absolute Gasteiger partial charge is 0.497 e. The highest BCUT2D eigenvalue weighted by Crippen LogP contribution is 2.26. The average Bonchev–Trinajstić information content (AvgIpc) is 3.23. The van der Waals surface area contributed by atoms with Crippen molar-refractivity contribution in [1.29, 1.82) is 0 Å². The van der Waals surface area contributed by atoms with Crippen molar-refractivity contribution in [2.75, 3.05) is 19.1 Å². The first kappa shape index (κ1) is 18.2. The number of anilines is 1. The van der Waals surface area contributed by atoms with Gasteiger partial charge in [0.25, 0.3) is 5.24 Å². The number of carbonyl (C=O) groups is 2. The maximum Gasteiger partial charge on any atom is 0.291 e. The lowest BCUT2D eigenvalue weighted by Gasteiger charge is -2.18. The van der Waals surface area contributed by atoms with E-state index in [0.29, 0.717) is 24.0 Å². The van der Waals surface area contributed by atoms with Crippen LogP contribution in [-0.2, 0) is 11.3 Å². The van der Waals surface area contributed by atoms with Gasteiger partial charge in [-0.1, -0.05) is 6.07 Å². The third kappa shape index (κ3) is 3.75. The van der Waals surface area contributed by atoms with Gasteiger partial charge in [-0.15, -0.1) is 0 Å². The van der Waals surface area contributed by atoms with Crippen LogP contribution in [0.3, 0.4) is 0 Å². The molecule has 1 aromatic heterocycles. The zero-order chi connectivity index (χ0) is 19.7. The van der Waals surface area contributed by atoms with Crippen LogP contribution in [0.5, 0.6) is 5.75 Å². The summed E-state index contributed by atoms with van der Waals surface area (Å²) in [6.07, 6.45) is 1.68. The van der Waals surface area contributed by atoms with Gasteiger partial charge in [-0.25, -0.2) is 0 Å². The molecule has 1 N–H and O–H groups in total. The van der Waals surface area contributed by atoms with Gasteiger partial charge in [-0.3, -0.25) is 9.59 Å². The zero-order valence-electron chi connectivity index (χ0n) is 15.4. The number of hydrogen-bond donors (Lipinski definition) is 1. The van der Waals surface area contributed by atoms with Crippen LogP contribution in [0.25, 0.3) is 17.0 Å². The van der Waals surface area contributed by atoms with Crippen LogP contribution >= 0.6 is 11.8 Å². The minimum absolute atomic E-state index is 0.265. The number of furan rings is 1. The van der Waals surface area contributed by atoms with Crippen molar-refractivity contribution in [1.82, 2.24) is 5.32 Å². The molecule has 0 unspecified atom stereocenters. The topological polar surface area (TPSA) is 71.8 Å². The highest BCUT2D eigenvalue weighted by Gasteiger charge is 2.25. The lowest BCUT2D eigenvalue weighted by molar-refractivity contribution is -0.107. The maximum atomic E-state index is 11.7. The molecule has 2 aromatic carbocycles. The fourth-order valence-corrected chi connectivity index (χ4v) is 3.58. The van der Waals surface area contributed by atoms with E-state index in [-0.39, 0.29) is 10.4 Å². The smallest absolute Gasteiger partial charge is 0.291 e. The van der Waals surface area contributed by atoms with E-state index in [0.717, 1.165) is 33.7 Å². The van der Waals surface area contributed by atoms with Crippen LogP contribution in [0.15, 0.2) is 58.6 Å². The van der Waals surface area contributed by atoms with Gasteiger partial charge in [0.2, 0.25) is 5.12 Å². The van der Waals surface area contributed by atoms with E-state index < -0.39 is 0 Å². The molecule has 4 rings (SSSR count). The first-order valence-electron chi connectivity index (χ1n) is 8.64. The van der Waals surface area contributed by atoms with Crippen LogP contribution in [0.2, 0.25) is 0 Å². The lowest BCUT2D eigenvalue weighted by Crippen LogP contribution is -2.15. The second kappa shape index (κ2) is 7.44. The fourth-order valence-electron chi connectivity index (χ4n) is 3.03. The van der Waals surface area contributed by atoms with Gasteiger partial charge in [0.15, 0.2) is 0 Å². The Morgan fingerprint density at radius 3 is 2.61 bits per heavy atom. The number of rotatable bonds is 5. The quantitative estimate of drug-likeness (QED) is 0.647. The number of hydrogen-bond acceptors (Lipinski definition) is 6. The summed E-state index contributed by atoms with van der Waals surface area (Å²) in [4.78, 5) is 25.1. The monoisotopic (exact) mass is 394 g/mol. The van der Waals surface area contributed by atoms with Gasteiger partial charge in [0.05, 0.1) is 19.4 Å². The van der Waals surface area contributed by atoms with E-state index >= 15 is 0 Å². The Morgan fingerprint density at radius 2 is 1.93 bits per heavy atom. The van der Waals surface area contributed by atoms with Gasteiger partial charge < -0.3 is 19.4 Å². The summed E-state index contributed by atoms with van der Waals surface area (Å²) in [6.45, 7) is 0.614. The second-order valence-electron chi connectivity index (χ2n) is 6.42. The molecule has 1 aliphatic rings. The predicted octanol–water partition coefficient (Wildman–Crippen LogP) is 4.40. The molecule has 3 aromatic rings. The Kier molecular flexibility index (Phi) is 4.83. The zero-order valence-corrected chi connectivity index (χ0v) is 16.2. The summed E-state index contributed by atoms with van der Waals surface area (Å²) >= 11 is 0.673. The van der Waals surface area contributed by atoms with Crippen molar-refractivity contribution < 1.29 is 18.7 Å². The molecule has 2 heterocycles. The molecule has 7 heteroatoms. The van der Waals surface area contributed by atoms with Gasteiger partial charge in [-0.05, 0) is 54.1 Å². The first-order chi connectivity index (χ1) is 13.5. The van der Waals surface area contributed by atoms with Gasteiger partial charge in [-0.2, -0.15) is 0 Å². The molecule has 0 atom stereocenters. The van der Waals surface area contributed by atoms with Crippen LogP contribution in [0.4, 0.5) is 10.5 Å². The molecule has 28 heavy (non-hydrogen) atoms. The van der Waals surface area contributed by atoms with Crippen LogP contribution in [-0.4, -0.2) is 24.5 Å². The number of nitrogens with zero attached hydrogens (tertiary/aromatic N) is 1. The fraction of sp³-hybridized carbons (Fsp3) is 0.143. The van der Waals surface area contributed by atoms with Crippen LogP contribution < -0.4 is 15.0 Å². The average molecular weight is 394 g/mol. The van der Waals surface area contributed by atoms with Gasteiger partial charge >= 0.3 is 0 Å². The Bertz CT molecular complexity index is 1090. The molecule has 0 saturated carbocycles. The molecule has 1 saturated heterocycles. The number of methoxy groups -OCH3 is 1. The normalized spacial score (nSPS) is 15.3. The number of fused-ring (bicyclic) bond motifs is 1. The molecule has 0 aliphatic carbocycles. The summed E-state index contributed by atoms with van der Waals surface area (Å²) in [5, 5.41) is 2.89. The van der Waals surface area contributed by atoms with Gasteiger partial charge in [0.1, 0.15) is 17.1 Å². The van der Waals surface area contributed by atoms with Crippen molar-refractivity contribution >= 4 is 44.8 Å². The molecular weight excluding hydrogens is 376 g/mol. The number of ether oxygens (including phenoxy) is 1. The third-order valence-electron chi connectivity index (χ3n) is 4.45. The number of carbonyl (C=O) groups excluding carboxylic acids is 2.